The third-order valence-electron chi connectivity index (χ3n) is 2.17. The molecule has 19 heavy (non-hydrogen) atoms. The summed E-state index contributed by atoms with van der Waals surface area (Å²) < 4.78 is 7.19. The molecule has 0 atom stereocenters. The second kappa shape index (κ2) is 6.38. The number of nitrogens with zero attached hydrogens (tertiary/aromatic N) is 3. The zero-order valence-electron chi connectivity index (χ0n) is 12.1. The highest BCUT2D eigenvalue weighted by atomic mass is 32.2. The van der Waals surface area contributed by atoms with Crippen LogP contribution in [-0.4, -0.2) is 32.1 Å². The summed E-state index contributed by atoms with van der Waals surface area (Å²) in [4.78, 5) is 11.7. The molecular weight excluding hydrogens is 264 g/mol. The van der Waals surface area contributed by atoms with E-state index in [1.807, 2.05) is 39.2 Å². The Hall–Kier alpha value is -1.08. The third-order valence-corrected chi connectivity index (χ3v) is 3.09. The minimum atomic E-state index is -0.466. The molecule has 0 aliphatic carbocycles. The molecule has 1 aromatic heterocycles. The Bertz CT molecular complexity index is 437. The van der Waals surface area contributed by atoms with E-state index >= 15 is 0 Å². The van der Waals surface area contributed by atoms with Gasteiger partial charge in [-0.1, -0.05) is 11.8 Å². The number of ether oxygens (including phenoxy) is 1. The Kier molecular flexibility index (Phi) is 5.37. The van der Waals surface area contributed by atoms with E-state index in [0.717, 1.165) is 5.82 Å². The summed E-state index contributed by atoms with van der Waals surface area (Å²) in [5.74, 6) is 0.680. The van der Waals surface area contributed by atoms with Crippen molar-refractivity contribution in [1.29, 1.82) is 0 Å². The first-order chi connectivity index (χ1) is 8.74. The molecule has 1 rings (SSSR count). The van der Waals surface area contributed by atoms with Crippen molar-refractivity contribution >= 4 is 17.7 Å². The van der Waals surface area contributed by atoms with E-state index < -0.39 is 5.60 Å². The van der Waals surface area contributed by atoms with Gasteiger partial charge < -0.3 is 15.0 Å². The van der Waals surface area contributed by atoms with Gasteiger partial charge in [-0.05, 0) is 34.6 Å². The monoisotopic (exact) mass is 286 g/mol. The maximum Gasteiger partial charge on any atom is 0.316 e. The van der Waals surface area contributed by atoms with Crippen LogP contribution in [0.5, 0.6) is 0 Å². The number of nitrogens with two attached hydrogens (primary N) is 1. The largest absolute Gasteiger partial charge is 0.459 e. The average Bonchev–Trinajstić information content (AvgIpc) is 2.66. The van der Waals surface area contributed by atoms with Crippen molar-refractivity contribution in [3.63, 3.8) is 0 Å². The van der Waals surface area contributed by atoms with E-state index in [1.54, 1.807) is 0 Å². The van der Waals surface area contributed by atoms with Crippen molar-refractivity contribution < 1.29 is 9.53 Å². The van der Waals surface area contributed by atoms with Crippen LogP contribution in [-0.2, 0) is 16.1 Å². The van der Waals surface area contributed by atoms with Crippen LogP contribution in [0.2, 0.25) is 0 Å². The molecule has 0 saturated carbocycles. The molecule has 0 saturated heterocycles. The first-order valence-electron chi connectivity index (χ1n) is 6.23. The first-order valence-corrected chi connectivity index (χ1v) is 7.21. The molecule has 0 aliphatic rings. The topological polar surface area (TPSA) is 83.0 Å². The second-order valence-electron chi connectivity index (χ2n) is 5.44. The predicted octanol–water partition coefficient (Wildman–Crippen LogP) is 1.75. The van der Waals surface area contributed by atoms with E-state index in [4.69, 9.17) is 10.5 Å². The standard InChI is InChI=1S/C12H22N4O2S/c1-8(2)16-9(6-13)14-15-11(16)19-7-10(17)18-12(3,4)5/h8H,6-7,13H2,1-5H3. The van der Waals surface area contributed by atoms with Crippen molar-refractivity contribution in [1.82, 2.24) is 14.8 Å². The maximum absolute atomic E-state index is 11.7. The molecule has 0 unspecified atom stereocenters. The molecule has 0 fully saturated rings. The fraction of sp³-hybridized carbons (Fsp3) is 0.750. The minimum Gasteiger partial charge on any atom is -0.459 e. The van der Waals surface area contributed by atoms with Gasteiger partial charge in [-0.25, -0.2) is 0 Å². The van der Waals surface area contributed by atoms with Gasteiger partial charge in [0, 0.05) is 6.04 Å². The molecule has 0 bridgehead atoms. The van der Waals surface area contributed by atoms with Gasteiger partial charge in [0.2, 0.25) is 0 Å². The number of esters is 1. The predicted molar refractivity (Wildman–Crippen MR) is 74.9 cm³/mol. The van der Waals surface area contributed by atoms with Gasteiger partial charge in [0.1, 0.15) is 11.4 Å². The summed E-state index contributed by atoms with van der Waals surface area (Å²) in [6.45, 7) is 9.93. The van der Waals surface area contributed by atoms with Gasteiger partial charge in [-0.15, -0.1) is 10.2 Å². The fourth-order valence-electron chi connectivity index (χ4n) is 1.56. The van der Waals surface area contributed by atoms with Gasteiger partial charge in [0.05, 0.1) is 12.3 Å². The Morgan fingerprint density at radius 2 is 2.05 bits per heavy atom. The van der Waals surface area contributed by atoms with E-state index in [9.17, 15) is 4.79 Å². The fourth-order valence-corrected chi connectivity index (χ4v) is 2.42. The number of hydrogen-bond acceptors (Lipinski definition) is 6. The summed E-state index contributed by atoms with van der Waals surface area (Å²) in [6.07, 6.45) is 0. The molecule has 0 spiro atoms. The highest BCUT2D eigenvalue weighted by Gasteiger charge is 2.19. The molecule has 0 aliphatic heterocycles. The van der Waals surface area contributed by atoms with Gasteiger partial charge in [-0.3, -0.25) is 4.79 Å². The van der Waals surface area contributed by atoms with Crippen LogP contribution in [0.25, 0.3) is 0 Å². The molecule has 0 radical (unpaired) electrons. The van der Waals surface area contributed by atoms with Gasteiger partial charge in [-0.2, -0.15) is 0 Å². The third kappa shape index (κ3) is 4.83. The number of rotatable bonds is 5. The van der Waals surface area contributed by atoms with Gasteiger partial charge in [0.25, 0.3) is 0 Å². The van der Waals surface area contributed by atoms with Crippen LogP contribution in [0.3, 0.4) is 0 Å². The van der Waals surface area contributed by atoms with Crippen LogP contribution < -0.4 is 5.73 Å². The lowest BCUT2D eigenvalue weighted by Gasteiger charge is -2.19. The number of carbonyl (C=O) groups is 1. The van der Waals surface area contributed by atoms with E-state index in [1.165, 1.54) is 11.8 Å². The van der Waals surface area contributed by atoms with E-state index in [2.05, 4.69) is 10.2 Å². The highest BCUT2D eigenvalue weighted by molar-refractivity contribution is 7.99. The van der Waals surface area contributed by atoms with Gasteiger partial charge >= 0.3 is 5.97 Å². The Labute approximate surface area is 118 Å². The quantitative estimate of drug-likeness (QED) is 0.656. The van der Waals surface area contributed by atoms with Crippen molar-refractivity contribution in [2.24, 2.45) is 5.73 Å². The summed E-state index contributed by atoms with van der Waals surface area (Å²) in [5.41, 5.74) is 5.15. The van der Waals surface area contributed by atoms with E-state index in [-0.39, 0.29) is 17.8 Å². The summed E-state index contributed by atoms with van der Waals surface area (Å²) in [6, 6.07) is 0.203. The maximum atomic E-state index is 11.7. The molecular formula is C12H22N4O2S. The van der Waals surface area contributed by atoms with Crippen LogP contribution in [0.4, 0.5) is 0 Å². The Morgan fingerprint density at radius 3 is 2.53 bits per heavy atom. The minimum absolute atomic E-state index is 0.203. The van der Waals surface area contributed by atoms with Crippen LogP contribution in [0, 0.1) is 0 Å². The smallest absolute Gasteiger partial charge is 0.316 e. The number of carbonyl (C=O) groups excluding carboxylic acids is 1. The summed E-state index contributed by atoms with van der Waals surface area (Å²) >= 11 is 1.32. The Balaban J connectivity index is 2.68. The molecule has 108 valence electrons. The summed E-state index contributed by atoms with van der Waals surface area (Å²) in [5, 5.41) is 8.78. The normalized spacial score (nSPS) is 11.9. The summed E-state index contributed by atoms with van der Waals surface area (Å²) in [7, 11) is 0. The van der Waals surface area contributed by atoms with Crippen molar-refractivity contribution in [3.05, 3.63) is 5.82 Å². The second-order valence-corrected chi connectivity index (χ2v) is 6.38. The van der Waals surface area contributed by atoms with Crippen LogP contribution in [0.15, 0.2) is 5.16 Å². The molecule has 7 heteroatoms. The van der Waals surface area contributed by atoms with Crippen LogP contribution >= 0.6 is 11.8 Å². The van der Waals surface area contributed by atoms with Gasteiger partial charge in [0.15, 0.2) is 5.16 Å². The lowest BCUT2D eigenvalue weighted by Crippen LogP contribution is -2.25. The average molecular weight is 286 g/mol. The van der Waals surface area contributed by atoms with Crippen molar-refractivity contribution in [2.75, 3.05) is 5.75 Å². The lowest BCUT2D eigenvalue weighted by molar-refractivity contribution is -0.151. The highest BCUT2D eigenvalue weighted by Crippen LogP contribution is 2.22. The first kappa shape index (κ1) is 16.0. The molecule has 1 aromatic rings. The van der Waals surface area contributed by atoms with E-state index in [0.29, 0.717) is 11.7 Å². The molecule has 0 aromatic carbocycles. The molecule has 1 heterocycles. The zero-order valence-corrected chi connectivity index (χ0v) is 13.0. The van der Waals surface area contributed by atoms with Crippen LogP contribution in [0.1, 0.15) is 46.5 Å². The van der Waals surface area contributed by atoms with Crippen molar-refractivity contribution in [2.45, 2.75) is 58.0 Å². The molecule has 6 nitrogen and oxygen atoms in total. The molecule has 0 amide bonds. The molecule has 2 N–H and O–H groups in total. The number of aromatic nitrogens is 3. The number of thioether (sulfide) groups is 1. The van der Waals surface area contributed by atoms with Crippen molar-refractivity contribution in [3.8, 4) is 0 Å². The zero-order chi connectivity index (χ0) is 14.6. The SMILES string of the molecule is CC(C)n1c(CN)nnc1SCC(=O)OC(C)(C)C. The Morgan fingerprint density at radius 1 is 1.42 bits per heavy atom. The number of hydrogen-bond donors (Lipinski definition) is 1. The lowest BCUT2D eigenvalue weighted by atomic mass is 10.2.